The third-order valence-electron chi connectivity index (χ3n) is 1.54. The molecule has 0 fully saturated rings. The van der Waals surface area contributed by atoms with Gasteiger partial charge in [0.15, 0.2) is 0 Å². The lowest BCUT2D eigenvalue weighted by molar-refractivity contribution is -0.139. The van der Waals surface area contributed by atoms with Crippen molar-refractivity contribution in [2.24, 2.45) is 0 Å². The van der Waals surface area contributed by atoms with Gasteiger partial charge in [0.25, 0.3) is 0 Å². The normalized spacial score (nSPS) is 10.0. The number of carbonyl (C=O) groups is 1. The Labute approximate surface area is 75.2 Å². The van der Waals surface area contributed by atoms with E-state index < -0.39 is 0 Å². The third kappa shape index (κ3) is 2.83. The largest absolute Gasteiger partial charge is 0.468 e. The SMILES string of the molecule is COC(=O)CNCc1nonc1C. The number of hydrogen-bond acceptors (Lipinski definition) is 6. The molecule has 6 nitrogen and oxygen atoms in total. The summed E-state index contributed by atoms with van der Waals surface area (Å²) in [6.07, 6.45) is 0. The summed E-state index contributed by atoms with van der Waals surface area (Å²) in [4.78, 5) is 10.7. The predicted molar refractivity (Wildman–Crippen MR) is 42.8 cm³/mol. The number of nitrogens with zero attached hydrogens (tertiary/aromatic N) is 2. The van der Waals surface area contributed by atoms with E-state index in [1.54, 1.807) is 6.92 Å². The van der Waals surface area contributed by atoms with Gasteiger partial charge in [-0.15, -0.1) is 0 Å². The molecule has 0 spiro atoms. The van der Waals surface area contributed by atoms with E-state index in [1.165, 1.54) is 7.11 Å². The van der Waals surface area contributed by atoms with Crippen molar-refractivity contribution < 1.29 is 14.2 Å². The second kappa shape index (κ2) is 4.56. The van der Waals surface area contributed by atoms with E-state index in [2.05, 4.69) is 25.0 Å². The van der Waals surface area contributed by atoms with Gasteiger partial charge in [0.2, 0.25) is 0 Å². The molecule has 0 unspecified atom stereocenters. The van der Waals surface area contributed by atoms with Crippen LogP contribution >= 0.6 is 0 Å². The van der Waals surface area contributed by atoms with Crippen molar-refractivity contribution in [3.63, 3.8) is 0 Å². The average Bonchev–Trinajstić information content (AvgIpc) is 2.52. The highest BCUT2D eigenvalue weighted by Crippen LogP contribution is 1.98. The molecule has 1 aromatic heterocycles. The molecule has 1 N–H and O–H groups in total. The Morgan fingerprint density at radius 3 is 2.92 bits per heavy atom. The van der Waals surface area contributed by atoms with E-state index >= 15 is 0 Å². The molecule has 0 saturated heterocycles. The van der Waals surface area contributed by atoms with Crippen LogP contribution in [0.1, 0.15) is 11.4 Å². The number of aryl methyl sites for hydroxylation is 1. The molecule has 1 aromatic rings. The van der Waals surface area contributed by atoms with Crippen LogP contribution in [0.3, 0.4) is 0 Å². The third-order valence-corrected chi connectivity index (χ3v) is 1.54. The molecule has 0 aliphatic rings. The van der Waals surface area contributed by atoms with Crippen LogP contribution in [0.25, 0.3) is 0 Å². The van der Waals surface area contributed by atoms with E-state index in [1.807, 2.05) is 0 Å². The molecule has 0 aromatic carbocycles. The molecule has 0 radical (unpaired) electrons. The van der Waals surface area contributed by atoms with Crippen molar-refractivity contribution in [2.45, 2.75) is 13.5 Å². The van der Waals surface area contributed by atoms with Gasteiger partial charge in [0, 0.05) is 6.54 Å². The second-order valence-electron chi connectivity index (χ2n) is 2.48. The number of carbonyl (C=O) groups excluding carboxylic acids is 1. The highest BCUT2D eigenvalue weighted by molar-refractivity contribution is 5.71. The van der Waals surface area contributed by atoms with Crippen LogP contribution < -0.4 is 5.32 Å². The predicted octanol–water partition coefficient (Wildman–Crippen LogP) is -0.359. The first kappa shape index (κ1) is 9.66. The summed E-state index contributed by atoms with van der Waals surface area (Å²) in [6.45, 7) is 2.39. The zero-order valence-electron chi connectivity index (χ0n) is 7.53. The quantitative estimate of drug-likeness (QED) is 0.645. The number of hydrogen-bond donors (Lipinski definition) is 1. The molecule has 0 aliphatic carbocycles. The Hall–Kier alpha value is -1.43. The Balaban J connectivity index is 2.28. The zero-order chi connectivity index (χ0) is 9.68. The monoisotopic (exact) mass is 185 g/mol. The summed E-state index contributed by atoms with van der Waals surface area (Å²) in [7, 11) is 1.34. The molecule has 0 saturated carbocycles. The highest BCUT2D eigenvalue weighted by atomic mass is 16.6. The first-order chi connectivity index (χ1) is 6.24. The Bertz CT molecular complexity index is 284. The van der Waals surface area contributed by atoms with E-state index in [0.29, 0.717) is 12.2 Å². The molecule has 0 amide bonds. The Morgan fingerprint density at radius 1 is 1.62 bits per heavy atom. The number of nitrogens with one attached hydrogen (secondary N) is 1. The lowest BCUT2D eigenvalue weighted by Gasteiger charge is -1.99. The fourth-order valence-electron chi connectivity index (χ4n) is 0.765. The number of esters is 1. The van der Waals surface area contributed by atoms with E-state index in [0.717, 1.165) is 5.69 Å². The maximum atomic E-state index is 10.7. The molecular weight excluding hydrogens is 174 g/mol. The van der Waals surface area contributed by atoms with Crippen LogP contribution in [-0.4, -0.2) is 29.9 Å². The van der Waals surface area contributed by atoms with Crippen LogP contribution in [0, 0.1) is 6.92 Å². The summed E-state index contributed by atoms with van der Waals surface area (Å²) >= 11 is 0. The number of rotatable bonds is 4. The number of aromatic nitrogens is 2. The average molecular weight is 185 g/mol. The van der Waals surface area contributed by atoms with Gasteiger partial charge in [0.1, 0.15) is 11.4 Å². The topological polar surface area (TPSA) is 77.2 Å². The molecule has 0 bridgehead atoms. The summed E-state index contributed by atoms with van der Waals surface area (Å²) in [5.74, 6) is -0.311. The van der Waals surface area contributed by atoms with Crippen LogP contribution in [0.5, 0.6) is 0 Å². The first-order valence-electron chi connectivity index (χ1n) is 3.79. The minimum atomic E-state index is -0.311. The molecule has 1 heterocycles. The van der Waals surface area contributed by atoms with Crippen LogP contribution in [0.15, 0.2) is 4.63 Å². The fourth-order valence-corrected chi connectivity index (χ4v) is 0.765. The van der Waals surface area contributed by atoms with Gasteiger partial charge in [-0.2, -0.15) is 0 Å². The molecule has 0 atom stereocenters. The Morgan fingerprint density at radius 2 is 2.38 bits per heavy atom. The van der Waals surface area contributed by atoms with Gasteiger partial charge in [-0.3, -0.25) is 4.79 Å². The van der Waals surface area contributed by atoms with Crippen molar-refractivity contribution in [1.82, 2.24) is 15.6 Å². The van der Waals surface area contributed by atoms with Gasteiger partial charge in [-0.25, -0.2) is 4.63 Å². The second-order valence-corrected chi connectivity index (χ2v) is 2.48. The summed E-state index contributed by atoms with van der Waals surface area (Å²) in [6, 6.07) is 0. The maximum Gasteiger partial charge on any atom is 0.319 e. The number of ether oxygens (including phenoxy) is 1. The standard InChI is InChI=1S/C7H11N3O3/c1-5-6(10-13-9-5)3-8-4-7(11)12-2/h8H,3-4H2,1-2H3. The van der Waals surface area contributed by atoms with Crippen molar-refractivity contribution >= 4 is 5.97 Å². The molecule has 0 aliphatic heterocycles. The first-order valence-corrected chi connectivity index (χ1v) is 3.79. The van der Waals surface area contributed by atoms with Crippen LogP contribution in [0.4, 0.5) is 0 Å². The van der Waals surface area contributed by atoms with Crippen LogP contribution in [0.2, 0.25) is 0 Å². The molecule has 6 heteroatoms. The van der Waals surface area contributed by atoms with Crippen molar-refractivity contribution in [3.05, 3.63) is 11.4 Å². The summed E-state index contributed by atoms with van der Waals surface area (Å²) in [5.41, 5.74) is 1.42. The highest BCUT2D eigenvalue weighted by Gasteiger charge is 2.05. The summed E-state index contributed by atoms with van der Waals surface area (Å²) in [5, 5.41) is 10.1. The van der Waals surface area contributed by atoms with E-state index in [9.17, 15) is 4.79 Å². The van der Waals surface area contributed by atoms with E-state index in [4.69, 9.17) is 0 Å². The van der Waals surface area contributed by atoms with Gasteiger partial charge in [-0.05, 0) is 6.92 Å². The summed E-state index contributed by atoms with van der Waals surface area (Å²) < 4.78 is 8.91. The lowest BCUT2D eigenvalue weighted by Crippen LogP contribution is -2.23. The molecular formula is C7H11N3O3. The van der Waals surface area contributed by atoms with Gasteiger partial charge >= 0.3 is 5.97 Å². The zero-order valence-corrected chi connectivity index (χ0v) is 7.53. The van der Waals surface area contributed by atoms with Crippen molar-refractivity contribution in [2.75, 3.05) is 13.7 Å². The minimum Gasteiger partial charge on any atom is -0.468 e. The lowest BCUT2D eigenvalue weighted by atomic mass is 10.3. The van der Waals surface area contributed by atoms with Gasteiger partial charge in [0.05, 0.1) is 13.7 Å². The molecule has 1 rings (SSSR count). The minimum absolute atomic E-state index is 0.156. The van der Waals surface area contributed by atoms with Crippen molar-refractivity contribution in [3.8, 4) is 0 Å². The molecule has 72 valence electrons. The molecule has 13 heavy (non-hydrogen) atoms. The Kier molecular flexibility index (Phi) is 3.39. The van der Waals surface area contributed by atoms with Crippen molar-refractivity contribution in [1.29, 1.82) is 0 Å². The van der Waals surface area contributed by atoms with Gasteiger partial charge in [-0.1, -0.05) is 10.3 Å². The van der Waals surface area contributed by atoms with E-state index in [-0.39, 0.29) is 12.5 Å². The van der Waals surface area contributed by atoms with Crippen LogP contribution in [-0.2, 0) is 16.1 Å². The number of methoxy groups -OCH3 is 1. The maximum absolute atomic E-state index is 10.7. The fraction of sp³-hybridized carbons (Fsp3) is 0.571. The van der Waals surface area contributed by atoms with Gasteiger partial charge < -0.3 is 10.1 Å². The smallest absolute Gasteiger partial charge is 0.319 e.